The molecule has 1 heterocycles. The molecule has 1 aromatic rings. The molecule has 0 saturated heterocycles. The Labute approximate surface area is 117 Å². The molecule has 108 valence electrons. The van der Waals surface area contributed by atoms with E-state index in [2.05, 4.69) is 43.0 Å². The number of hydrogen-bond acceptors (Lipinski definition) is 4. The summed E-state index contributed by atoms with van der Waals surface area (Å²) in [6.07, 6.45) is -0.0715. The Kier molecular flexibility index (Phi) is 5.88. The predicted octanol–water partition coefficient (Wildman–Crippen LogP) is 3.02. The number of hydrogen-bond donors (Lipinski definition) is 1. The van der Waals surface area contributed by atoms with Crippen LogP contribution in [0.15, 0.2) is 6.07 Å². The maximum atomic E-state index is 5.86. The first kappa shape index (κ1) is 16.1. The van der Waals surface area contributed by atoms with Crippen LogP contribution < -0.4 is 5.32 Å². The largest absolute Gasteiger partial charge is 0.370 e. The van der Waals surface area contributed by atoms with Gasteiger partial charge >= 0.3 is 0 Å². The van der Waals surface area contributed by atoms with E-state index in [0.717, 1.165) is 30.3 Å². The van der Waals surface area contributed by atoms with E-state index in [1.807, 2.05) is 19.9 Å². The van der Waals surface area contributed by atoms with Crippen LogP contribution in [0.25, 0.3) is 0 Å². The van der Waals surface area contributed by atoms with Crippen LogP contribution in [-0.4, -0.2) is 23.1 Å². The van der Waals surface area contributed by atoms with Gasteiger partial charge in [0.15, 0.2) is 5.82 Å². The molecule has 1 aromatic heterocycles. The Morgan fingerprint density at radius 3 is 2.47 bits per heavy atom. The van der Waals surface area contributed by atoms with E-state index in [1.165, 1.54) is 0 Å². The fraction of sp³-hybridized carbons (Fsp3) is 0.733. The van der Waals surface area contributed by atoms with Crippen LogP contribution in [0.3, 0.4) is 0 Å². The van der Waals surface area contributed by atoms with Crippen LogP contribution in [0.1, 0.15) is 57.9 Å². The number of rotatable bonds is 6. The highest BCUT2D eigenvalue weighted by atomic mass is 16.5. The van der Waals surface area contributed by atoms with Crippen molar-refractivity contribution in [2.24, 2.45) is 5.41 Å². The van der Waals surface area contributed by atoms with Crippen molar-refractivity contribution in [1.29, 1.82) is 0 Å². The molecule has 0 amide bonds. The molecule has 4 heteroatoms. The maximum Gasteiger partial charge on any atom is 0.158 e. The maximum absolute atomic E-state index is 5.86. The number of aryl methyl sites for hydroxylation is 1. The van der Waals surface area contributed by atoms with Crippen LogP contribution >= 0.6 is 0 Å². The highest BCUT2D eigenvalue weighted by molar-refractivity contribution is 5.12. The zero-order valence-corrected chi connectivity index (χ0v) is 13.1. The van der Waals surface area contributed by atoms with Crippen molar-refractivity contribution in [3.63, 3.8) is 0 Å². The second-order valence-corrected chi connectivity index (χ2v) is 5.84. The molecule has 1 rings (SSSR count). The van der Waals surface area contributed by atoms with Crippen LogP contribution in [0.5, 0.6) is 0 Å². The topological polar surface area (TPSA) is 47.0 Å². The normalized spacial score (nSPS) is 13.6. The van der Waals surface area contributed by atoms with Gasteiger partial charge in [0.2, 0.25) is 0 Å². The second-order valence-electron chi connectivity index (χ2n) is 5.84. The van der Waals surface area contributed by atoms with Gasteiger partial charge in [0, 0.05) is 18.8 Å². The van der Waals surface area contributed by atoms with E-state index < -0.39 is 0 Å². The minimum Gasteiger partial charge on any atom is -0.370 e. The lowest BCUT2D eigenvalue weighted by atomic mass is 9.88. The fourth-order valence-corrected chi connectivity index (χ4v) is 2.00. The van der Waals surface area contributed by atoms with Gasteiger partial charge in [-0.15, -0.1) is 0 Å². The second kappa shape index (κ2) is 6.96. The highest BCUT2D eigenvalue weighted by Crippen LogP contribution is 2.34. The Bertz CT molecular complexity index is 399. The van der Waals surface area contributed by atoms with Gasteiger partial charge in [-0.3, -0.25) is 0 Å². The third-order valence-corrected chi connectivity index (χ3v) is 2.84. The summed E-state index contributed by atoms with van der Waals surface area (Å²) in [4.78, 5) is 9.22. The number of ether oxygens (including phenoxy) is 1. The zero-order valence-electron chi connectivity index (χ0n) is 13.1. The lowest BCUT2D eigenvalue weighted by Gasteiger charge is -2.29. The van der Waals surface area contributed by atoms with Gasteiger partial charge in [0.25, 0.3) is 0 Å². The molecule has 0 radical (unpaired) electrons. The zero-order chi connectivity index (χ0) is 14.5. The third-order valence-electron chi connectivity index (χ3n) is 2.84. The van der Waals surface area contributed by atoms with Crippen molar-refractivity contribution >= 4 is 0 Å². The minimum atomic E-state index is -0.0715. The van der Waals surface area contributed by atoms with E-state index in [9.17, 15) is 0 Å². The fourth-order valence-electron chi connectivity index (χ4n) is 2.00. The van der Waals surface area contributed by atoms with E-state index in [4.69, 9.17) is 4.74 Å². The molecule has 0 saturated carbocycles. The first-order valence-electron chi connectivity index (χ1n) is 7.05. The van der Waals surface area contributed by atoms with Gasteiger partial charge in [-0.2, -0.15) is 0 Å². The summed E-state index contributed by atoms with van der Waals surface area (Å²) in [5.74, 6) is 0.794. The third kappa shape index (κ3) is 4.88. The number of nitrogens with one attached hydrogen (secondary N) is 1. The van der Waals surface area contributed by atoms with E-state index in [-0.39, 0.29) is 11.5 Å². The molecule has 0 aliphatic rings. The molecule has 1 atom stereocenters. The molecule has 4 nitrogen and oxygen atoms in total. The lowest BCUT2D eigenvalue weighted by Crippen LogP contribution is -2.25. The van der Waals surface area contributed by atoms with Crippen molar-refractivity contribution in [1.82, 2.24) is 15.3 Å². The first-order chi connectivity index (χ1) is 8.88. The highest BCUT2D eigenvalue weighted by Gasteiger charge is 2.29. The van der Waals surface area contributed by atoms with Gasteiger partial charge < -0.3 is 10.1 Å². The molecule has 0 aromatic carbocycles. The lowest BCUT2D eigenvalue weighted by molar-refractivity contribution is -0.0193. The van der Waals surface area contributed by atoms with Crippen LogP contribution in [0.4, 0.5) is 0 Å². The molecule has 1 unspecified atom stereocenters. The molecule has 0 aliphatic carbocycles. The summed E-state index contributed by atoms with van der Waals surface area (Å²) >= 11 is 0. The van der Waals surface area contributed by atoms with Gasteiger partial charge in [-0.05, 0) is 31.9 Å². The van der Waals surface area contributed by atoms with Gasteiger partial charge in [-0.25, -0.2) is 9.97 Å². The molecule has 0 spiro atoms. The molecular formula is C15H27N3O. The van der Waals surface area contributed by atoms with Crippen molar-refractivity contribution in [3.05, 3.63) is 23.3 Å². The first-order valence-corrected chi connectivity index (χ1v) is 7.05. The number of nitrogens with zero attached hydrogens (tertiary/aromatic N) is 2. The molecule has 19 heavy (non-hydrogen) atoms. The summed E-state index contributed by atoms with van der Waals surface area (Å²) in [5.41, 5.74) is 2.00. The summed E-state index contributed by atoms with van der Waals surface area (Å²) in [5, 5.41) is 3.30. The minimum absolute atomic E-state index is 0.0146. The molecule has 0 fully saturated rings. The van der Waals surface area contributed by atoms with Gasteiger partial charge in [0.05, 0.1) is 5.69 Å². The van der Waals surface area contributed by atoms with Crippen molar-refractivity contribution in [2.75, 3.05) is 13.2 Å². The van der Waals surface area contributed by atoms with Gasteiger partial charge in [0.1, 0.15) is 6.10 Å². The van der Waals surface area contributed by atoms with E-state index in [0.29, 0.717) is 6.61 Å². The van der Waals surface area contributed by atoms with E-state index >= 15 is 0 Å². The monoisotopic (exact) mass is 265 g/mol. The quantitative estimate of drug-likeness (QED) is 0.859. The van der Waals surface area contributed by atoms with Crippen LogP contribution in [0.2, 0.25) is 0 Å². The standard InChI is InChI=1S/C15H27N3O/c1-7-16-10-12-9-11(3)17-14(18-12)13(19-8-2)15(4,5)6/h9,13,16H,7-8,10H2,1-6H3. The predicted molar refractivity (Wildman–Crippen MR) is 78.0 cm³/mol. The molecule has 1 N–H and O–H groups in total. The summed E-state index contributed by atoms with van der Waals surface area (Å²) < 4.78 is 5.86. The Balaban J connectivity index is 3.05. The Morgan fingerprint density at radius 2 is 1.95 bits per heavy atom. The van der Waals surface area contributed by atoms with E-state index in [1.54, 1.807) is 0 Å². The SMILES string of the molecule is CCNCc1cc(C)nc(C(OCC)C(C)(C)C)n1. The molecular weight excluding hydrogens is 238 g/mol. The summed E-state index contributed by atoms with van der Waals surface area (Å²) in [6.45, 7) is 15.0. The molecule has 0 bridgehead atoms. The summed E-state index contributed by atoms with van der Waals surface area (Å²) in [6, 6.07) is 2.03. The molecule has 0 aliphatic heterocycles. The number of aromatic nitrogens is 2. The van der Waals surface area contributed by atoms with Crippen molar-refractivity contribution < 1.29 is 4.74 Å². The van der Waals surface area contributed by atoms with Crippen molar-refractivity contribution in [2.45, 2.75) is 54.2 Å². The average molecular weight is 265 g/mol. The average Bonchev–Trinajstić information content (AvgIpc) is 2.31. The smallest absolute Gasteiger partial charge is 0.158 e. The Morgan fingerprint density at radius 1 is 1.26 bits per heavy atom. The van der Waals surface area contributed by atoms with Crippen LogP contribution in [0, 0.1) is 12.3 Å². The summed E-state index contributed by atoms with van der Waals surface area (Å²) in [7, 11) is 0. The van der Waals surface area contributed by atoms with Crippen molar-refractivity contribution in [3.8, 4) is 0 Å². The Hall–Kier alpha value is -1.00. The van der Waals surface area contributed by atoms with Crippen LogP contribution in [-0.2, 0) is 11.3 Å². The van der Waals surface area contributed by atoms with Gasteiger partial charge in [-0.1, -0.05) is 27.7 Å².